The SMILES string of the molecule is [2H]c1c([2H])c(-c2c([2H])c([2H])c(-n3c4c([2H])c([2H])c([2H])c([2H])c4c4c([2H])c5c([2H])c([2H])c([2H])c([2H])c5c([2H])c43)c([2H])c2[2H])c([2H])c([2H])c1-c1ccc2c(c1)oc1cccc(-c3nc(-c4ccccc4)nc(C4C=CC=CC4)n3)c12. The zero-order chi connectivity index (χ0) is 55.2. The minimum Gasteiger partial charge on any atom is -0.456 e. The Labute approximate surface area is 371 Å². The van der Waals surface area contributed by atoms with E-state index in [1.54, 1.807) is 24.3 Å². The third kappa shape index (κ3) is 5.74. The van der Waals surface area contributed by atoms with Crippen molar-refractivity contribution in [3.63, 3.8) is 0 Å². The highest BCUT2D eigenvalue weighted by Crippen LogP contribution is 2.39. The molecule has 282 valence electrons. The molecule has 3 aromatic heterocycles. The summed E-state index contributed by atoms with van der Waals surface area (Å²) in [5, 5.41) is -0.341. The molecule has 8 aromatic carbocycles. The molecule has 0 fully saturated rings. The van der Waals surface area contributed by atoms with Gasteiger partial charge >= 0.3 is 0 Å². The second kappa shape index (κ2) is 13.9. The van der Waals surface area contributed by atoms with Crippen LogP contribution in [0, 0.1) is 0 Å². The molecule has 0 aliphatic heterocycles. The number of nitrogens with zero attached hydrogens (tertiary/aromatic N) is 4. The van der Waals surface area contributed by atoms with Crippen LogP contribution in [0.15, 0.2) is 204 Å². The molecule has 0 amide bonds. The van der Waals surface area contributed by atoms with Crippen LogP contribution in [0.2, 0.25) is 0 Å². The fourth-order valence-electron chi connectivity index (χ4n) is 7.66. The van der Waals surface area contributed by atoms with Crippen LogP contribution in [0.1, 0.15) is 42.8 Å². The molecular weight excluding hydrogens is 733 g/mol. The fraction of sp³-hybridized carbons (Fsp3) is 0.0364. The molecule has 0 saturated carbocycles. The van der Waals surface area contributed by atoms with E-state index < -0.39 is 147 Å². The second-order valence-electron chi connectivity index (χ2n) is 14.1. The van der Waals surface area contributed by atoms with Gasteiger partial charge in [0.05, 0.1) is 35.7 Å². The van der Waals surface area contributed by atoms with Gasteiger partial charge < -0.3 is 8.98 Å². The summed E-state index contributed by atoms with van der Waals surface area (Å²) in [4.78, 5) is 14.8. The number of fused-ring (bicyclic) bond motifs is 7. The topological polar surface area (TPSA) is 56.7 Å². The van der Waals surface area contributed by atoms with Crippen molar-refractivity contribution in [2.24, 2.45) is 0 Å². The molecule has 1 atom stereocenters. The Morgan fingerprint density at radius 1 is 0.550 bits per heavy atom. The normalized spacial score (nSPS) is 18.2. The van der Waals surface area contributed by atoms with Crippen LogP contribution < -0.4 is 0 Å². The van der Waals surface area contributed by atoms with E-state index >= 15 is 0 Å². The lowest BCUT2D eigenvalue weighted by molar-refractivity contribution is 0.669. The van der Waals surface area contributed by atoms with Gasteiger partial charge in [0.1, 0.15) is 17.0 Å². The van der Waals surface area contributed by atoms with Crippen LogP contribution in [0.3, 0.4) is 0 Å². The number of furan rings is 1. The predicted molar refractivity (Wildman–Crippen MR) is 246 cm³/mol. The van der Waals surface area contributed by atoms with E-state index in [1.165, 1.54) is 0 Å². The van der Waals surface area contributed by atoms with Crippen LogP contribution >= 0.6 is 0 Å². The Morgan fingerprint density at radius 3 is 2.08 bits per heavy atom. The van der Waals surface area contributed by atoms with Crippen molar-refractivity contribution < 1.29 is 29.1 Å². The number of aromatic nitrogens is 4. The first-order valence-electron chi connectivity index (χ1n) is 28.0. The Hall–Kier alpha value is -7.89. The van der Waals surface area contributed by atoms with Gasteiger partial charge in [0, 0.05) is 44.3 Å². The molecule has 11 aromatic rings. The van der Waals surface area contributed by atoms with Gasteiger partial charge in [0.2, 0.25) is 0 Å². The molecule has 0 spiro atoms. The lowest BCUT2D eigenvalue weighted by Gasteiger charge is -2.14. The standard InChI is InChI=1S/C55H36N4O/c1-3-12-38(13-4-1)53-56-54(39-14-5-2-6-15-39)58-55(57-53)46-19-11-21-50-52(46)45-31-28-42(34-51(45)60-50)37-24-22-35(23-25-37)36-26-29-43(30-27-36)59-48-20-10-9-18-44(48)47-32-40-16-7-8-17-41(40)33-49(47)59/h1-14,16-34,39H,15H2/i7D,8D,9D,10D,16D,17D,18D,20D,22D,23D,24D,25D,26D,27D,29D,30D,32D,33D. The minimum absolute atomic E-state index is 0.0908. The molecule has 1 aliphatic rings. The van der Waals surface area contributed by atoms with Crippen LogP contribution in [-0.2, 0) is 0 Å². The quantitative estimate of drug-likeness (QED) is 0.168. The van der Waals surface area contributed by atoms with Crippen molar-refractivity contribution in [3.05, 3.63) is 206 Å². The van der Waals surface area contributed by atoms with Gasteiger partial charge in [-0.15, -0.1) is 0 Å². The molecule has 0 saturated heterocycles. The van der Waals surface area contributed by atoms with Crippen molar-refractivity contribution in [3.8, 4) is 50.7 Å². The first kappa shape index (κ1) is 20.7. The predicted octanol–water partition coefficient (Wildman–Crippen LogP) is 14.3. The summed E-state index contributed by atoms with van der Waals surface area (Å²) in [6, 6.07) is 6.56. The molecule has 5 heteroatoms. The van der Waals surface area contributed by atoms with Crippen molar-refractivity contribution >= 4 is 54.5 Å². The van der Waals surface area contributed by atoms with Crippen molar-refractivity contribution in [2.45, 2.75) is 12.3 Å². The zero-order valence-corrected chi connectivity index (χ0v) is 31.1. The first-order chi connectivity index (χ1) is 37.2. The maximum Gasteiger partial charge on any atom is 0.164 e. The maximum absolute atomic E-state index is 9.44. The lowest BCUT2D eigenvalue weighted by atomic mass is 9.98. The first-order valence-corrected chi connectivity index (χ1v) is 19.0. The number of hydrogen-bond donors (Lipinski definition) is 0. The van der Waals surface area contributed by atoms with Gasteiger partial charge in [-0.05, 0) is 87.9 Å². The van der Waals surface area contributed by atoms with E-state index in [4.69, 9.17) is 30.3 Å². The third-order valence-electron chi connectivity index (χ3n) is 10.5. The number of benzene rings is 8. The number of allylic oxidation sites excluding steroid dienone is 4. The molecule has 60 heavy (non-hydrogen) atoms. The molecule has 12 rings (SSSR count). The largest absolute Gasteiger partial charge is 0.456 e. The number of rotatable bonds is 6. The van der Waals surface area contributed by atoms with E-state index in [0.717, 1.165) is 10.1 Å². The van der Waals surface area contributed by atoms with Crippen LogP contribution in [0.4, 0.5) is 0 Å². The Balaban J connectivity index is 1.02. The van der Waals surface area contributed by atoms with Crippen molar-refractivity contribution in [2.75, 3.05) is 0 Å². The minimum atomic E-state index is -0.901. The molecule has 1 unspecified atom stereocenters. The fourth-order valence-corrected chi connectivity index (χ4v) is 7.66. The summed E-state index contributed by atoms with van der Waals surface area (Å²) in [5.74, 6) is 1.40. The summed E-state index contributed by atoms with van der Waals surface area (Å²) in [6.45, 7) is 0. The van der Waals surface area contributed by atoms with Gasteiger partial charge in [-0.25, -0.2) is 15.0 Å². The van der Waals surface area contributed by atoms with E-state index in [0.29, 0.717) is 51.4 Å². The molecule has 0 bridgehead atoms. The average molecular weight is 787 g/mol. The monoisotopic (exact) mass is 786 g/mol. The number of para-hydroxylation sites is 1. The summed E-state index contributed by atoms with van der Waals surface area (Å²) in [6.07, 6.45) is 8.73. The van der Waals surface area contributed by atoms with Crippen molar-refractivity contribution in [1.29, 1.82) is 0 Å². The highest BCUT2D eigenvalue weighted by Gasteiger charge is 2.21. The van der Waals surface area contributed by atoms with Crippen molar-refractivity contribution in [1.82, 2.24) is 19.5 Å². The van der Waals surface area contributed by atoms with E-state index in [9.17, 15) is 13.7 Å². The van der Waals surface area contributed by atoms with E-state index in [-0.39, 0.29) is 27.8 Å². The lowest BCUT2D eigenvalue weighted by Crippen LogP contribution is -2.07. The maximum atomic E-state index is 9.44. The summed E-state index contributed by atoms with van der Waals surface area (Å²) < 4.78 is 170. The van der Waals surface area contributed by atoms with Gasteiger partial charge in [0.25, 0.3) is 0 Å². The Kier molecular flexibility index (Phi) is 4.79. The molecule has 0 N–H and O–H groups in total. The number of hydrogen-bond acceptors (Lipinski definition) is 4. The zero-order valence-electron chi connectivity index (χ0n) is 49.1. The molecule has 1 aliphatic carbocycles. The highest BCUT2D eigenvalue weighted by atomic mass is 16.3. The van der Waals surface area contributed by atoms with Crippen LogP contribution in [0.5, 0.6) is 0 Å². The van der Waals surface area contributed by atoms with E-state index in [2.05, 4.69) is 6.08 Å². The van der Waals surface area contributed by atoms with E-state index in [1.807, 2.05) is 60.7 Å². The summed E-state index contributed by atoms with van der Waals surface area (Å²) in [7, 11) is 0. The molecule has 5 nitrogen and oxygen atoms in total. The Bertz CT molecular complexity index is 4530. The molecular formula is C55H36N4O. The van der Waals surface area contributed by atoms with Crippen LogP contribution in [-0.4, -0.2) is 19.5 Å². The Morgan fingerprint density at radius 2 is 1.28 bits per heavy atom. The van der Waals surface area contributed by atoms with Gasteiger partial charge in [-0.2, -0.15) is 0 Å². The highest BCUT2D eigenvalue weighted by molar-refractivity contribution is 6.14. The third-order valence-corrected chi connectivity index (χ3v) is 10.5. The second-order valence-corrected chi connectivity index (χ2v) is 14.1. The van der Waals surface area contributed by atoms with Gasteiger partial charge in [0.15, 0.2) is 11.6 Å². The molecule has 3 heterocycles. The molecule has 0 radical (unpaired) electrons. The summed E-state index contributed by atoms with van der Waals surface area (Å²) in [5.41, 5.74) is -0.529. The van der Waals surface area contributed by atoms with Gasteiger partial charge in [-0.1, -0.05) is 151 Å². The van der Waals surface area contributed by atoms with Gasteiger partial charge in [-0.3, -0.25) is 0 Å². The summed E-state index contributed by atoms with van der Waals surface area (Å²) >= 11 is 0. The average Bonchev–Trinajstić information content (AvgIpc) is 3.97. The van der Waals surface area contributed by atoms with Crippen LogP contribution in [0.25, 0.3) is 105 Å². The smallest absolute Gasteiger partial charge is 0.164 e.